The van der Waals surface area contributed by atoms with Crippen LogP contribution in [-0.2, 0) is 9.59 Å². The molecule has 0 aliphatic carbocycles. The van der Waals surface area contributed by atoms with Crippen LogP contribution < -0.4 is 4.90 Å². The van der Waals surface area contributed by atoms with Gasteiger partial charge < -0.3 is 9.80 Å². The van der Waals surface area contributed by atoms with Crippen LogP contribution in [0.3, 0.4) is 0 Å². The number of carbonyl (C=O) groups is 2. The number of pyridine rings is 1. The number of benzene rings is 2. The Labute approximate surface area is 189 Å². The second-order valence-corrected chi connectivity index (χ2v) is 8.35. The number of hydrogen-bond donors (Lipinski definition) is 0. The summed E-state index contributed by atoms with van der Waals surface area (Å²) in [4.78, 5) is 34.0. The highest BCUT2D eigenvalue weighted by molar-refractivity contribution is 5.90. The first-order chi connectivity index (χ1) is 15.6. The van der Waals surface area contributed by atoms with Crippen LogP contribution in [0, 0.1) is 0 Å². The van der Waals surface area contributed by atoms with Gasteiger partial charge in [0, 0.05) is 37.1 Å². The summed E-state index contributed by atoms with van der Waals surface area (Å²) in [6, 6.07) is 24.0. The molecule has 32 heavy (non-hydrogen) atoms. The van der Waals surface area contributed by atoms with Gasteiger partial charge in [-0.2, -0.15) is 0 Å². The summed E-state index contributed by atoms with van der Waals surface area (Å²) in [5.74, 6) is 0.00883. The van der Waals surface area contributed by atoms with Gasteiger partial charge in [0.1, 0.15) is 11.8 Å². The first-order valence-corrected chi connectivity index (χ1v) is 11.2. The number of carbonyl (C=O) groups excluding carboxylic acids is 2. The topological polar surface area (TPSA) is 53.5 Å². The van der Waals surface area contributed by atoms with Gasteiger partial charge in [0.15, 0.2) is 0 Å². The van der Waals surface area contributed by atoms with Gasteiger partial charge in [0.05, 0.1) is 6.54 Å². The second kappa shape index (κ2) is 10.2. The maximum Gasteiger partial charge on any atom is 0.245 e. The van der Waals surface area contributed by atoms with Gasteiger partial charge in [-0.15, -0.1) is 0 Å². The molecule has 4 rings (SSSR count). The summed E-state index contributed by atoms with van der Waals surface area (Å²) in [6.45, 7) is 2.97. The minimum Gasteiger partial charge on any atom is -0.359 e. The molecule has 164 valence electrons. The van der Waals surface area contributed by atoms with Crippen molar-refractivity contribution in [2.45, 2.75) is 31.7 Å². The second-order valence-electron chi connectivity index (χ2n) is 8.35. The summed E-state index contributed by atoms with van der Waals surface area (Å²) >= 11 is 0. The number of ketones is 1. The molecule has 3 aromatic rings. The molecule has 1 atom stereocenters. The minimum absolute atomic E-state index is 0.00326. The maximum absolute atomic E-state index is 13.8. The quantitative estimate of drug-likeness (QED) is 0.538. The first kappa shape index (κ1) is 21.8. The largest absolute Gasteiger partial charge is 0.359 e. The average Bonchev–Trinajstić information content (AvgIpc) is 3.33. The van der Waals surface area contributed by atoms with Gasteiger partial charge in [0.2, 0.25) is 5.91 Å². The standard InChI is InChI=1S/C27H29N3O2/c1-21(31)19-29(27(32)26-13-8-18-30(26)24-14-16-28-17-15-24)20-25(22-9-4-2-5-10-22)23-11-6-3-7-12-23/h2-7,9-12,14-17,25-26H,8,13,18-20H2,1H3. The molecule has 0 spiro atoms. The SMILES string of the molecule is CC(=O)CN(CC(c1ccccc1)c1ccccc1)C(=O)C1CCCN1c1ccncc1. The Morgan fingerprint density at radius 1 is 0.969 bits per heavy atom. The molecule has 2 heterocycles. The minimum atomic E-state index is -0.260. The molecule has 0 N–H and O–H groups in total. The van der Waals surface area contributed by atoms with Crippen molar-refractivity contribution in [1.82, 2.24) is 9.88 Å². The lowest BCUT2D eigenvalue weighted by atomic mass is 9.90. The van der Waals surface area contributed by atoms with E-state index in [1.165, 1.54) is 0 Å². The normalized spacial score (nSPS) is 15.7. The van der Waals surface area contributed by atoms with Crippen LogP contribution in [0.2, 0.25) is 0 Å². The van der Waals surface area contributed by atoms with Crippen molar-refractivity contribution in [3.63, 3.8) is 0 Å². The van der Waals surface area contributed by atoms with Gasteiger partial charge in [-0.1, -0.05) is 60.7 Å². The van der Waals surface area contributed by atoms with Crippen LogP contribution in [0.15, 0.2) is 85.2 Å². The average molecular weight is 428 g/mol. The Balaban J connectivity index is 1.63. The lowest BCUT2D eigenvalue weighted by Gasteiger charge is -2.33. The molecule has 1 fully saturated rings. The number of amides is 1. The first-order valence-electron chi connectivity index (χ1n) is 11.2. The van der Waals surface area contributed by atoms with Crippen LogP contribution >= 0.6 is 0 Å². The molecule has 1 aromatic heterocycles. The summed E-state index contributed by atoms with van der Waals surface area (Å²) in [5, 5.41) is 0. The summed E-state index contributed by atoms with van der Waals surface area (Å²) < 4.78 is 0. The fourth-order valence-corrected chi connectivity index (χ4v) is 4.57. The number of nitrogens with zero attached hydrogens (tertiary/aromatic N) is 3. The highest BCUT2D eigenvalue weighted by Crippen LogP contribution is 2.29. The van der Waals surface area contributed by atoms with Gasteiger partial charge in [0.25, 0.3) is 0 Å². The Hall–Kier alpha value is -3.47. The molecule has 1 unspecified atom stereocenters. The molecule has 0 radical (unpaired) electrons. The smallest absolute Gasteiger partial charge is 0.245 e. The van der Waals surface area contributed by atoms with E-state index in [4.69, 9.17) is 0 Å². The van der Waals surface area contributed by atoms with E-state index in [2.05, 4.69) is 34.1 Å². The number of hydrogen-bond acceptors (Lipinski definition) is 4. The fourth-order valence-electron chi connectivity index (χ4n) is 4.57. The van der Waals surface area contributed by atoms with E-state index in [1.807, 2.05) is 48.5 Å². The molecular formula is C27H29N3O2. The molecule has 1 amide bonds. The van der Waals surface area contributed by atoms with Crippen molar-refractivity contribution in [3.05, 3.63) is 96.3 Å². The van der Waals surface area contributed by atoms with Crippen LogP contribution in [0.4, 0.5) is 5.69 Å². The van der Waals surface area contributed by atoms with Gasteiger partial charge in [-0.05, 0) is 43.0 Å². The number of aromatic nitrogens is 1. The van der Waals surface area contributed by atoms with E-state index in [-0.39, 0.29) is 30.2 Å². The maximum atomic E-state index is 13.8. The van der Waals surface area contributed by atoms with Crippen molar-refractivity contribution < 1.29 is 9.59 Å². The summed E-state index contributed by atoms with van der Waals surface area (Å²) in [5.41, 5.74) is 3.27. The summed E-state index contributed by atoms with van der Waals surface area (Å²) in [7, 11) is 0. The van der Waals surface area contributed by atoms with Crippen molar-refractivity contribution in [2.75, 3.05) is 24.5 Å². The molecule has 2 aromatic carbocycles. The third-order valence-corrected chi connectivity index (χ3v) is 6.06. The monoisotopic (exact) mass is 427 g/mol. The van der Waals surface area contributed by atoms with E-state index in [0.29, 0.717) is 6.54 Å². The Bertz CT molecular complexity index is 985. The van der Waals surface area contributed by atoms with E-state index in [0.717, 1.165) is 36.2 Å². The highest BCUT2D eigenvalue weighted by Gasteiger charge is 2.35. The number of rotatable bonds is 8. The van der Waals surface area contributed by atoms with Crippen molar-refractivity contribution in [2.24, 2.45) is 0 Å². The zero-order chi connectivity index (χ0) is 22.3. The predicted molar refractivity (Wildman–Crippen MR) is 127 cm³/mol. The molecule has 0 saturated carbocycles. The van der Waals surface area contributed by atoms with Crippen LogP contribution in [0.1, 0.15) is 36.8 Å². The van der Waals surface area contributed by atoms with E-state index >= 15 is 0 Å². The molecule has 1 aliphatic rings. The molecule has 1 saturated heterocycles. The lowest BCUT2D eigenvalue weighted by molar-refractivity contribution is -0.136. The summed E-state index contributed by atoms with van der Waals surface area (Å²) in [6.07, 6.45) is 5.25. The van der Waals surface area contributed by atoms with Gasteiger partial charge in [-0.3, -0.25) is 14.6 Å². The number of Topliss-reactive ketones (excluding diaryl/α,β-unsaturated/α-hetero) is 1. The van der Waals surface area contributed by atoms with Crippen molar-refractivity contribution in [1.29, 1.82) is 0 Å². The lowest BCUT2D eigenvalue weighted by Crippen LogP contribution is -2.48. The van der Waals surface area contributed by atoms with Gasteiger partial charge >= 0.3 is 0 Å². The Morgan fingerprint density at radius 2 is 1.56 bits per heavy atom. The highest BCUT2D eigenvalue weighted by atomic mass is 16.2. The Morgan fingerprint density at radius 3 is 2.12 bits per heavy atom. The molecular weight excluding hydrogens is 398 g/mol. The van der Waals surface area contributed by atoms with Gasteiger partial charge in [-0.25, -0.2) is 0 Å². The third kappa shape index (κ3) is 5.05. The Kier molecular flexibility index (Phi) is 6.95. The van der Waals surface area contributed by atoms with Crippen LogP contribution in [0.5, 0.6) is 0 Å². The van der Waals surface area contributed by atoms with Crippen LogP contribution in [-0.4, -0.2) is 47.3 Å². The molecule has 1 aliphatic heterocycles. The molecule has 5 heteroatoms. The third-order valence-electron chi connectivity index (χ3n) is 6.06. The van der Waals surface area contributed by atoms with E-state index in [9.17, 15) is 9.59 Å². The zero-order valence-electron chi connectivity index (χ0n) is 18.4. The predicted octanol–water partition coefficient (Wildman–Crippen LogP) is 4.30. The van der Waals surface area contributed by atoms with E-state index < -0.39 is 0 Å². The van der Waals surface area contributed by atoms with Crippen molar-refractivity contribution in [3.8, 4) is 0 Å². The molecule has 0 bridgehead atoms. The van der Waals surface area contributed by atoms with E-state index in [1.54, 1.807) is 24.2 Å². The fraction of sp³-hybridized carbons (Fsp3) is 0.296. The van der Waals surface area contributed by atoms with Crippen molar-refractivity contribution >= 4 is 17.4 Å². The van der Waals surface area contributed by atoms with Crippen LogP contribution in [0.25, 0.3) is 0 Å². The molecule has 5 nitrogen and oxygen atoms in total. The zero-order valence-corrected chi connectivity index (χ0v) is 18.4. The number of anilines is 1.